The van der Waals surface area contributed by atoms with Crippen molar-refractivity contribution in [3.05, 3.63) is 28.8 Å². The highest BCUT2D eigenvalue weighted by Gasteiger charge is 2.22. The van der Waals surface area contributed by atoms with Crippen LogP contribution in [-0.2, 0) is 6.54 Å². The van der Waals surface area contributed by atoms with Gasteiger partial charge in [-0.15, -0.1) is 0 Å². The molecule has 1 aliphatic rings. The van der Waals surface area contributed by atoms with Gasteiger partial charge in [0, 0.05) is 40.8 Å². The summed E-state index contributed by atoms with van der Waals surface area (Å²) in [6.07, 6.45) is 0. The van der Waals surface area contributed by atoms with Gasteiger partial charge in [0.15, 0.2) is 0 Å². The zero-order valence-electron chi connectivity index (χ0n) is 10.3. The molecule has 0 aromatic heterocycles. The molecule has 94 valence electrons. The van der Waals surface area contributed by atoms with E-state index >= 15 is 0 Å². The first kappa shape index (κ1) is 13.1. The van der Waals surface area contributed by atoms with Crippen molar-refractivity contribution in [2.24, 2.45) is 5.73 Å². The number of rotatable bonds is 2. The zero-order valence-corrected chi connectivity index (χ0v) is 11.9. The lowest BCUT2D eigenvalue weighted by Gasteiger charge is -2.36. The van der Waals surface area contributed by atoms with Crippen molar-refractivity contribution >= 4 is 29.1 Å². The number of hydrogen-bond donors (Lipinski definition) is 1. The van der Waals surface area contributed by atoms with Crippen LogP contribution in [0.3, 0.4) is 0 Å². The van der Waals surface area contributed by atoms with Crippen LogP contribution in [-0.4, -0.2) is 23.6 Å². The molecular formula is C13H19ClN2S. The Hall–Kier alpha value is -0.380. The molecule has 0 bridgehead atoms. The fourth-order valence-corrected chi connectivity index (χ4v) is 3.86. The Morgan fingerprint density at radius 1 is 1.35 bits per heavy atom. The van der Waals surface area contributed by atoms with Gasteiger partial charge in [0.25, 0.3) is 0 Å². The molecular weight excluding hydrogens is 252 g/mol. The zero-order chi connectivity index (χ0) is 12.4. The molecule has 0 spiro atoms. The quantitative estimate of drug-likeness (QED) is 0.895. The summed E-state index contributed by atoms with van der Waals surface area (Å²) in [4.78, 5) is 2.41. The third-order valence-corrected chi connectivity index (χ3v) is 4.62. The summed E-state index contributed by atoms with van der Waals surface area (Å²) in [7, 11) is 0. The fourth-order valence-electron chi connectivity index (χ4n) is 2.29. The number of halogens is 1. The van der Waals surface area contributed by atoms with Crippen molar-refractivity contribution in [2.75, 3.05) is 18.0 Å². The molecule has 1 aromatic carbocycles. The number of nitrogens with two attached hydrogens (primary N) is 1. The predicted molar refractivity (Wildman–Crippen MR) is 78.1 cm³/mol. The maximum absolute atomic E-state index is 6.21. The number of anilines is 1. The molecule has 0 amide bonds. The van der Waals surface area contributed by atoms with Crippen molar-refractivity contribution in [3.63, 3.8) is 0 Å². The smallest absolute Gasteiger partial charge is 0.0471 e. The van der Waals surface area contributed by atoms with Crippen LogP contribution in [0.5, 0.6) is 0 Å². The summed E-state index contributed by atoms with van der Waals surface area (Å²) in [5.74, 6) is 0. The van der Waals surface area contributed by atoms with Gasteiger partial charge >= 0.3 is 0 Å². The van der Waals surface area contributed by atoms with E-state index in [1.165, 1.54) is 5.69 Å². The summed E-state index contributed by atoms with van der Waals surface area (Å²) < 4.78 is 0. The summed E-state index contributed by atoms with van der Waals surface area (Å²) in [6.45, 7) is 7.24. The van der Waals surface area contributed by atoms with E-state index in [-0.39, 0.29) is 0 Å². The molecule has 1 fully saturated rings. The largest absolute Gasteiger partial charge is 0.369 e. The maximum atomic E-state index is 6.21. The molecule has 0 radical (unpaired) electrons. The minimum absolute atomic E-state index is 0.502. The van der Waals surface area contributed by atoms with E-state index in [2.05, 4.69) is 36.6 Å². The van der Waals surface area contributed by atoms with Crippen molar-refractivity contribution in [2.45, 2.75) is 30.9 Å². The van der Waals surface area contributed by atoms with Crippen molar-refractivity contribution < 1.29 is 0 Å². The second-order valence-corrected chi connectivity index (χ2v) is 6.93. The average molecular weight is 271 g/mol. The summed E-state index contributed by atoms with van der Waals surface area (Å²) in [6, 6.07) is 6.21. The molecule has 2 rings (SSSR count). The van der Waals surface area contributed by atoms with Crippen molar-refractivity contribution in [3.8, 4) is 0 Å². The Kier molecular flexibility index (Phi) is 4.23. The molecule has 0 saturated carbocycles. The van der Waals surface area contributed by atoms with Gasteiger partial charge in [-0.25, -0.2) is 0 Å². The third kappa shape index (κ3) is 3.09. The first-order valence-electron chi connectivity index (χ1n) is 5.99. The standard InChI is InChI=1S/C13H19ClN2S/c1-9-7-16(8-10(2)17-9)12-4-3-11(6-15)13(14)5-12/h3-5,9-10H,6-8,15H2,1-2H3. The minimum Gasteiger partial charge on any atom is -0.369 e. The Morgan fingerprint density at radius 2 is 2.00 bits per heavy atom. The van der Waals surface area contributed by atoms with E-state index in [4.69, 9.17) is 17.3 Å². The Morgan fingerprint density at radius 3 is 2.53 bits per heavy atom. The highest BCUT2D eigenvalue weighted by molar-refractivity contribution is 8.00. The van der Waals surface area contributed by atoms with Crippen LogP contribution in [0.1, 0.15) is 19.4 Å². The van der Waals surface area contributed by atoms with E-state index in [0.717, 1.165) is 23.7 Å². The fraction of sp³-hybridized carbons (Fsp3) is 0.538. The first-order valence-corrected chi connectivity index (χ1v) is 7.31. The molecule has 2 N–H and O–H groups in total. The third-order valence-electron chi connectivity index (χ3n) is 3.04. The highest BCUT2D eigenvalue weighted by atomic mass is 35.5. The Labute approximate surface area is 113 Å². The number of nitrogens with zero attached hydrogens (tertiary/aromatic N) is 1. The van der Waals surface area contributed by atoms with Crippen molar-refractivity contribution in [1.82, 2.24) is 0 Å². The van der Waals surface area contributed by atoms with Crippen LogP contribution in [0.2, 0.25) is 5.02 Å². The van der Waals surface area contributed by atoms with Gasteiger partial charge in [0.1, 0.15) is 0 Å². The Bertz CT molecular complexity index is 387. The second kappa shape index (κ2) is 5.51. The summed E-state index contributed by atoms with van der Waals surface area (Å²) in [5.41, 5.74) is 7.85. The average Bonchev–Trinajstić information content (AvgIpc) is 2.27. The lowest BCUT2D eigenvalue weighted by molar-refractivity contribution is 0.728. The van der Waals surface area contributed by atoms with E-state index in [1.54, 1.807) is 0 Å². The SMILES string of the molecule is CC1CN(c2ccc(CN)c(Cl)c2)CC(C)S1. The number of benzene rings is 1. The van der Waals surface area contributed by atoms with E-state index in [9.17, 15) is 0 Å². The first-order chi connectivity index (χ1) is 8.10. The minimum atomic E-state index is 0.502. The van der Waals surface area contributed by atoms with Gasteiger partial charge < -0.3 is 10.6 Å². The van der Waals surface area contributed by atoms with E-state index in [0.29, 0.717) is 17.0 Å². The number of hydrogen-bond acceptors (Lipinski definition) is 3. The Balaban J connectivity index is 2.19. The van der Waals surface area contributed by atoms with Gasteiger partial charge in [-0.2, -0.15) is 11.8 Å². The van der Waals surface area contributed by atoms with Crippen LogP contribution in [0.15, 0.2) is 18.2 Å². The monoisotopic (exact) mass is 270 g/mol. The summed E-state index contributed by atoms with van der Waals surface area (Å²) in [5, 5.41) is 2.13. The van der Waals surface area contributed by atoms with Gasteiger partial charge in [0.2, 0.25) is 0 Å². The second-order valence-electron chi connectivity index (χ2n) is 4.64. The molecule has 1 aromatic rings. The van der Waals surface area contributed by atoms with Gasteiger partial charge in [-0.3, -0.25) is 0 Å². The van der Waals surface area contributed by atoms with Gasteiger partial charge in [0.05, 0.1) is 0 Å². The predicted octanol–water partition coefficient (Wildman–Crippen LogP) is 3.13. The van der Waals surface area contributed by atoms with Crippen LogP contribution in [0, 0.1) is 0 Å². The van der Waals surface area contributed by atoms with Crippen LogP contribution >= 0.6 is 23.4 Å². The molecule has 1 aliphatic heterocycles. The highest BCUT2D eigenvalue weighted by Crippen LogP contribution is 2.30. The maximum Gasteiger partial charge on any atom is 0.0471 e. The van der Waals surface area contributed by atoms with Gasteiger partial charge in [-0.05, 0) is 17.7 Å². The van der Waals surface area contributed by atoms with Crippen LogP contribution in [0.4, 0.5) is 5.69 Å². The molecule has 0 aliphatic carbocycles. The topological polar surface area (TPSA) is 29.3 Å². The van der Waals surface area contributed by atoms with Crippen molar-refractivity contribution in [1.29, 1.82) is 0 Å². The molecule has 2 atom stereocenters. The van der Waals surface area contributed by atoms with Crippen LogP contribution < -0.4 is 10.6 Å². The number of thioether (sulfide) groups is 1. The lowest BCUT2D eigenvalue weighted by atomic mass is 10.2. The normalized spacial score (nSPS) is 25.1. The van der Waals surface area contributed by atoms with Crippen LogP contribution in [0.25, 0.3) is 0 Å². The van der Waals surface area contributed by atoms with E-state index < -0.39 is 0 Å². The molecule has 2 nitrogen and oxygen atoms in total. The molecule has 17 heavy (non-hydrogen) atoms. The molecule has 1 saturated heterocycles. The molecule has 1 heterocycles. The van der Waals surface area contributed by atoms with Gasteiger partial charge in [-0.1, -0.05) is 31.5 Å². The molecule has 4 heteroatoms. The summed E-state index contributed by atoms with van der Waals surface area (Å²) >= 11 is 8.27. The molecule has 2 unspecified atom stereocenters. The lowest BCUT2D eigenvalue weighted by Crippen LogP contribution is -2.40. The van der Waals surface area contributed by atoms with E-state index in [1.807, 2.05) is 12.1 Å².